The molecule has 1 amide bonds. The smallest absolute Gasteiger partial charge is 0.265 e. The van der Waals surface area contributed by atoms with E-state index in [0.717, 1.165) is 29.4 Å². The van der Waals surface area contributed by atoms with Gasteiger partial charge in [0.25, 0.3) is 15.9 Å². The molecule has 0 unspecified atom stereocenters. The number of Topliss-reactive ketones (excluding diaryl/α,β-unsaturated/α-hetero) is 1. The summed E-state index contributed by atoms with van der Waals surface area (Å²) in [4.78, 5) is 35.7. The van der Waals surface area contributed by atoms with Crippen molar-refractivity contribution in [1.29, 1.82) is 0 Å². The number of nitrogens with one attached hydrogen (secondary N) is 2. The van der Waals surface area contributed by atoms with E-state index >= 15 is 0 Å². The fourth-order valence-electron chi connectivity index (χ4n) is 5.82. The van der Waals surface area contributed by atoms with Gasteiger partial charge in [0.05, 0.1) is 15.9 Å². The monoisotopic (exact) mass is 695 g/mol. The Bertz CT molecular complexity index is 2200. The summed E-state index contributed by atoms with van der Waals surface area (Å²) >= 11 is 12.5. The van der Waals surface area contributed by atoms with E-state index in [0.29, 0.717) is 32.6 Å². The predicted molar refractivity (Wildman–Crippen MR) is 191 cm³/mol. The number of H-pyrrole nitrogens is 1. The van der Waals surface area contributed by atoms with E-state index in [4.69, 9.17) is 28.2 Å². The number of aromatic nitrogens is 2. The van der Waals surface area contributed by atoms with Gasteiger partial charge in [-0.05, 0) is 89.7 Å². The minimum absolute atomic E-state index is 0.00947. The van der Waals surface area contributed by atoms with Gasteiger partial charge in [-0.25, -0.2) is 18.1 Å². The van der Waals surface area contributed by atoms with Crippen molar-refractivity contribution < 1.29 is 18.0 Å². The highest BCUT2D eigenvalue weighted by Crippen LogP contribution is 2.37. The number of aromatic amines is 1. The molecule has 1 heterocycles. The minimum atomic E-state index is -4.29. The van der Waals surface area contributed by atoms with Crippen molar-refractivity contribution in [3.63, 3.8) is 0 Å². The Labute approximate surface area is 289 Å². The number of benzene rings is 5. The average molecular weight is 697 g/mol. The molecule has 48 heavy (non-hydrogen) atoms. The van der Waals surface area contributed by atoms with Gasteiger partial charge in [-0.1, -0.05) is 91.1 Å². The molecule has 2 N–H and O–H groups in total. The molecule has 0 fully saturated rings. The number of carbonyl (C=O) groups is 2. The van der Waals surface area contributed by atoms with Crippen molar-refractivity contribution in [1.82, 2.24) is 14.7 Å². The van der Waals surface area contributed by atoms with Gasteiger partial charge < -0.3 is 4.98 Å². The van der Waals surface area contributed by atoms with Crippen LogP contribution in [-0.2, 0) is 10.0 Å². The largest absolute Gasteiger partial charge is 0.338 e. The maximum absolute atomic E-state index is 14.0. The number of imidazole rings is 1. The number of ketones is 1. The van der Waals surface area contributed by atoms with E-state index in [2.05, 4.69) is 16.6 Å². The molecule has 1 atom stereocenters. The van der Waals surface area contributed by atoms with Gasteiger partial charge in [0.15, 0.2) is 5.78 Å². The van der Waals surface area contributed by atoms with Crippen molar-refractivity contribution in [3.8, 4) is 22.5 Å². The van der Waals surface area contributed by atoms with Crippen LogP contribution in [0.4, 0.5) is 0 Å². The summed E-state index contributed by atoms with van der Waals surface area (Å²) in [6, 6.07) is 32.9. The average Bonchev–Trinajstić information content (AvgIpc) is 3.52. The zero-order valence-electron chi connectivity index (χ0n) is 25.9. The summed E-state index contributed by atoms with van der Waals surface area (Å²) < 4.78 is 28.9. The van der Waals surface area contributed by atoms with Gasteiger partial charge in [-0.15, -0.1) is 0 Å². The van der Waals surface area contributed by atoms with Crippen LogP contribution in [0.5, 0.6) is 0 Å². The fraction of sp³-hybridized carbons (Fsp3) is 0.132. The third-order valence-corrected chi connectivity index (χ3v) is 10.0. The standard InChI is InChI=1S/C38H31Cl2N3O4S/c1-2-8-25(24-9-4-3-5-10-24)22-36(44)26-13-19-30(33(21-26)38(45)43-48(46,47)29-17-14-27(39)15-18-29)32-23-28(40)16-20-31(32)37-41-34-11-6-7-12-35(34)42-37/h3-7,9-21,23,25H,2,8,22H2,1H3,(H,41,42)(H,43,45)/t25-/m0/s1. The number of carbonyl (C=O) groups excluding carboxylic acids is 2. The van der Waals surface area contributed by atoms with E-state index in [-0.39, 0.29) is 34.1 Å². The van der Waals surface area contributed by atoms with Gasteiger partial charge in [0, 0.05) is 33.2 Å². The first-order valence-electron chi connectivity index (χ1n) is 15.4. The quantitative estimate of drug-likeness (QED) is 0.131. The van der Waals surface area contributed by atoms with Crippen molar-refractivity contribution >= 4 is 55.9 Å². The van der Waals surface area contributed by atoms with Crippen LogP contribution in [0.2, 0.25) is 10.0 Å². The van der Waals surface area contributed by atoms with Crippen LogP contribution in [0, 0.1) is 0 Å². The first-order valence-corrected chi connectivity index (χ1v) is 17.7. The summed E-state index contributed by atoms with van der Waals surface area (Å²) in [5.41, 5.74) is 4.45. The Kier molecular flexibility index (Phi) is 9.78. The van der Waals surface area contributed by atoms with Crippen molar-refractivity contribution in [2.45, 2.75) is 37.0 Å². The number of halogens is 2. The molecule has 5 aromatic carbocycles. The number of hydrogen-bond donors (Lipinski definition) is 2. The van der Waals surface area contributed by atoms with Crippen LogP contribution in [0.3, 0.4) is 0 Å². The molecule has 1 aromatic heterocycles. The van der Waals surface area contributed by atoms with Crippen LogP contribution in [0.1, 0.15) is 58.4 Å². The highest BCUT2D eigenvalue weighted by atomic mass is 35.5. The molecule has 0 bridgehead atoms. The van der Waals surface area contributed by atoms with Crippen LogP contribution in [0.25, 0.3) is 33.5 Å². The van der Waals surface area contributed by atoms with Crippen LogP contribution in [0.15, 0.2) is 120 Å². The van der Waals surface area contributed by atoms with Crippen LogP contribution < -0.4 is 4.72 Å². The van der Waals surface area contributed by atoms with E-state index in [1.807, 2.05) is 54.6 Å². The molecule has 6 aromatic rings. The Morgan fingerprint density at radius 1 is 0.792 bits per heavy atom. The molecule has 7 nitrogen and oxygen atoms in total. The Morgan fingerprint density at radius 3 is 2.21 bits per heavy atom. The van der Waals surface area contributed by atoms with Gasteiger partial charge >= 0.3 is 0 Å². The van der Waals surface area contributed by atoms with Gasteiger partial charge in [-0.2, -0.15) is 0 Å². The van der Waals surface area contributed by atoms with Crippen molar-refractivity contribution in [2.24, 2.45) is 0 Å². The lowest BCUT2D eigenvalue weighted by Crippen LogP contribution is -2.31. The summed E-state index contributed by atoms with van der Waals surface area (Å²) in [5.74, 6) is -0.549. The molecule has 10 heteroatoms. The van der Waals surface area contributed by atoms with Crippen molar-refractivity contribution in [3.05, 3.63) is 142 Å². The van der Waals surface area contributed by atoms with E-state index < -0.39 is 15.9 Å². The highest BCUT2D eigenvalue weighted by Gasteiger charge is 2.25. The third kappa shape index (κ3) is 7.21. The molecule has 6 rings (SSSR count). The first kappa shape index (κ1) is 33.2. The Balaban J connectivity index is 1.45. The normalized spacial score (nSPS) is 12.1. The molecule has 0 radical (unpaired) electrons. The van der Waals surface area contributed by atoms with Gasteiger partial charge in [0.2, 0.25) is 0 Å². The summed E-state index contributed by atoms with van der Waals surface area (Å²) in [5, 5.41) is 0.750. The number of para-hydroxylation sites is 2. The third-order valence-electron chi connectivity index (χ3n) is 8.19. The molecule has 0 aliphatic carbocycles. The molecule has 0 spiro atoms. The SMILES string of the molecule is CCC[C@@H](CC(=O)c1ccc(-c2cc(Cl)ccc2-c2nc3ccccc3[nH]2)c(C(=O)NS(=O)(=O)c2ccc(Cl)cc2)c1)c1ccccc1. The number of rotatable bonds is 11. The van der Waals surface area contributed by atoms with E-state index in [1.54, 1.807) is 30.3 Å². The fourth-order valence-corrected chi connectivity index (χ4v) is 7.08. The maximum atomic E-state index is 14.0. The number of nitrogens with zero attached hydrogens (tertiary/aromatic N) is 1. The lowest BCUT2D eigenvalue weighted by molar-refractivity contribution is 0.0972. The van der Waals surface area contributed by atoms with Crippen molar-refractivity contribution in [2.75, 3.05) is 0 Å². The van der Waals surface area contributed by atoms with Gasteiger partial charge in [-0.3, -0.25) is 9.59 Å². The summed E-state index contributed by atoms with van der Waals surface area (Å²) in [6.45, 7) is 2.07. The second-order valence-electron chi connectivity index (χ2n) is 11.5. The molecular formula is C38H31Cl2N3O4S. The lowest BCUT2D eigenvalue weighted by Gasteiger charge is -2.18. The zero-order valence-corrected chi connectivity index (χ0v) is 28.2. The highest BCUT2D eigenvalue weighted by molar-refractivity contribution is 7.90. The lowest BCUT2D eigenvalue weighted by atomic mass is 9.87. The molecule has 0 saturated heterocycles. The molecular weight excluding hydrogens is 665 g/mol. The van der Waals surface area contributed by atoms with E-state index in [9.17, 15) is 18.0 Å². The topological polar surface area (TPSA) is 109 Å². The predicted octanol–water partition coefficient (Wildman–Crippen LogP) is 9.48. The summed E-state index contributed by atoms with van der Waals surface area (Å²) in [6.07, 6.45) is 1.92. The number of sulfonamides is 1. The molecule has 0 aliphatic rings. The molecule has 242 valence electrons. The molecule has 0 aliphatic heterocycles. The Morgan fingerprint density at radius 2 is 1.48 bits per heavy atom. The summed E-state index contributed by atoms with van der Waals surface area (Å²) in [7, 11) is -4.29. The maximum Gasteiger partial charge on any atom is 0.265 e. The zero-order chi connectivity index (χ0) is 33.8. The van der Waals surface area contributed by atoms with Crippen LogP contribution in [-0.4, -0.2) is 30.1 Å². The van der Waals surface area contributed by atoms with E-state index in [1.165, 1.54) is 30.3 Å². The first-order chi connectivity index (χ1) is 23.1. The Hall–Kier alpha value is -4.76. The molecule has 0 saturated carbocycles. The van der Waals surface area contributed by atoms with Crippen LogP contribution >= 0.6 is 23.2 Å². The number of hydrogen-bond acceptors (Lipinski definition) is 5. The second kappa shape index (κ2) is 14.2. The second-order valence-corrected chi connectivity index (χ2v) is 14.0. The number of amides is 1. The number of fused-ring (bicyclic) bond motifs is 1. The van der Waals surface area contributed by atoms with Gasteiger partial charge in [0.1, 0.15) is 5.82 Å². The minimum Gasteiger partial charge on any atom is -0.338 e.